The molecule has 4 nitrogen and oxygen atoms in total. The van der Waals surface area contributed by atoms with Crippen LogP contribution in [0.5, 0.6) is 0 Å². The quantitative estimate of drug-likeness (QED) is 0.772. The second-order valence-corrected chi connectivity index (χ2v) is 5.59. The van der Waals surface area contributed by atoms with Crippen LogP contribution in [0.2, 0.25) is 0 Å². The summed E-state index contributed by atoms with van der Waals surface area (Å²) in [6.45, 7) is 1.52. The molecule has 0 aromatic heterocycles. The predicted molar refractivity (Wildman–Crippen MR) is 48.3 cm³/mol. The molecule has 1 rings (SSSR count). The van der Waals surface area contributed by atoms with Crippen molar-refractivity contribution < 1.29 is 21.6 Å². The third kappa shape index (κ3) is 2.26. The van der Waals surface area contributed by atoms with E-state index in [1.54, 1.807) is 0 Å². The summed E-state index contributed by atoms with van der Waals surface area (Å²) >= 11 is 0. The number of sulfonamides is 1. The molecule has 2 atom stereocenters. The van der Waals surface area contributed by atoms with Crippen LogP contribution in [0.1, 0.15) is 13.3 Å². The lowest BCUT2D eigenvalue weighted by Crippen LogP contribution is -2.42. The van der Waals surface area contributed by atoms with Crippen molar-refractivity contribution in [2.45, 2.75) is 24.9 Å². The Morgan fingerprint density at radius 2 is 2.00 bits per heavy atom. The van der Waals surface area contributed by atoms with E-state index in [2.05, 4.69) is 0 Å². The van der Waals surface area contributed by atoms with Gasteiger partial charge < -0.3 is 5.73 Å². The summed E-state index contributed by atoms with van der Waals surface area (Å²) in [7, 11) is -5.19. The summed E-state index contributed by atoms with van der Waals surface area (Å²) < 4.78 is 59.3. The van der Waals surface area contributed by atoms with E-state index in [9.17, 15) is 21.6 Å². The molecule has 0 spiro atoms. The molecule has 1 aliphatic heterocycles. The highest BCUT2D eigenvalue weighted by atomic mass is 32.2. The van der Waals surface area contributed by atoms with Gasteiger partial charge in [0.2, 0.25) is 0 Å². The number of halogens is 3. The van der Waals surface area contributed by atoms with Crippen molar-refractivity contribution in [1.82, 2.24) is 4.31 Å². The molecule has 0 aromatic carbocycles. The van der Waals surface area contributed by atoms with Crippen molar-refractivity contribution in [3.8, 4) is 0 Å². The van der Waals surface area contributed by atoms with Gasteiger partial charge >= 0.3 is 15.5 Å². The van der Waals surface area contributed by atoms with Crippen molar-refractivity contribution in [1.29, 1.82) is 0 Å². The first-order chi connectivity index (χ1) is 6.70. The first kappa shape index (κ1) is 12.7. The zero-order valence-corrected chi connectivity index (χ0v) is 8.98. The van der Waals surface area contributed by atoms with Gasteiger partial charge in [-0.2, -0.15) is 17.5 Å². The Morgan fingerprint density at radius 3 is 2.33 bits per heavy atom. The van der Waals surface area contributed by atoms with Crippen LogP contribution in [0.25, 0.3) is 0 Å². The molecule has 1 heterocycles. The van der Waals surface area contributed by atoms with Crippen LogP contribution < -0.4 is 5.73 Å². The van der Waals surface area contributed by atoms with Crippen LogP contribution in [-0.4, -0.2) is 37.4 Å². The summed E-state index contributed by atoms with van der Waals surface area (Å²) in [5, 5.41) is 0. The zero-order chi connectivity index (χ0) is 11.9. The molecule has 15 heavy (non-hydrogen) atoms. The number of hydrogen-bond donors (Lipinski definition) is 1. The van der Waals surface area contributed by atoms with Crippen molar-refractivity contribution >= 4 is 10.0 Å². The Labute approximate surface area is 86.3 Å². The van der Waals surface area contributed by atoms with E-state index in [-0.39, 0.29) is 19.0 Å². The third-order valence-electron chi connectivity index (χ3n) is 2.54. The second-order valence-electron chi connectivity index (χ2n) is 3.71. The first-order valence-electron chi connectivity index (χ1n) is 4.48. The Bertz CT molecular complexity index is 328. The van der Waals surface area contributed by atoms with Crippen molar-refractivity contribution in [3.05, 3.63) is 0 Å². The van der Waals surface area contributed by atoms with E-state index in [0.29, 0.717) is 10.7 Å². The fourth-order valence-electron chi connectivity index (χ4n) is 1.75. The standard InChI is InChI=1S/C7H13F3N2O2S/c1-5-2-6(3-11)4-12(5)15(13,14)7(8,9)10/h5-6H,2-4,11H2,1H3. The molecule has 2 unspecified atom stereocenters. The minimum Gasteiger partial charge on any atom is -0.330 e. The number of alkyl halides is 3. The normalized spacial score (nSPS) is 29.7. The molecular formula is C7H13F3N2O2S. The fourth-order valence-corrected chi connectivity index (χ4v) is 2.98. The van der Waals surface area contributed by atoms with Gasteiger partial charge in [-0.1, -0.05) is 0 Å². The van der Waals surface area contributed by atoms with Crippen molar-refractivity contribution in [3.63, 3.8) is 0 Å². The molecule has 1 aliphatic rings. The van der Waals surface area contributed by atoms with Crippen LogP contribution in [0.4, 0.5) is 13.2 Å². The van der Waals surface area contributed by atoms with Gasteiger partial charge in [0.1, 0.15) is 0 Å². The summed E-state index contributed by atoms with van der Waals surface area (Å²) in [5.41, 5.74) is 0.0903. The van der Waals surface area contributed by atoms with Gasteiger partial charge in [-0.3, -0.25) is 0 Å². The van der Waals surface area contributed by atoms with E-state index >= 15 is 0 Å². The van der Waals surface area contributed by atoms with Crippen LogP contribution in [0, 0.1) is 5.92 Å². The molecule has 0 bridgehead atoms. The van der Waals surface area contributed by atoms with Crippen LogP contribution in [0.3, 0.4) is 0 Å². The molecule has 90 valence electrons. The highest BCUT2D eigenvalue weighted by Crippen LogP contribution is 2.33. The monoisotopic (exact) mass is 246 g/mol. The smallest absolute Gasteiger partial charge is 0.330 e. The Balaban J connectivity index is 2.91. The average molecular weight is 246 g/mol. The highest BCUT2D eigenvalue weighted by molar-refractivity contribution is 7.90. The van der Waals surface area contributed by atoms with E-state index in [0.717, 1.165) is 0 Å². The minimum absolute atomic E-state index is 0.139. The topological polar surface area (TPSA) is 63.4 Å². The molecule has 0 aliphatic carbocycles. The Hall–Kier alpha value is -0.340. The summed E-state index contributed by atoms with van der Waals surface area (Å²) in [6.07, 6.45) is 0.381. The average Bonchev–Trinajstić information content (AvgIpc) is 2.45. The minimum atomic E-state index is -5.22. The summed E-state index contributed by atoms with van der Waals surface area (Å²) in [5.74, 6) is -0.183. The van der Waals surface area contributed by atoms with Gasteiger partial charge in [-0.25, -0.2) is 8.42 Å². The second kappa shape index (κ2) is 3.91. The SMILES string of the molecule is CC1CC(CN)CN1S(=O)(=O)C(F)(F)F. The fraction of sp³-hybridized carbons (Fsp3) is 1.00. The molecule has 1 saturated heterocycles. The maximum absolute atomic E-state index is 12.2. The summed E-state index contributed by atoms with van der Waals surface area (Å²) in [4.78, 5) is 0. The molecule has 8 heteroatoms. The molecule has 0 amide bonds. The van der Waals surface area contributed by atoms with Gasteiger partial charge in [0.25, 0.3) is 0 Å². The van der Waals surface area contributed by atoms with Crippen LogP contribution in [0.15, 0.2) is 0 Å². The lowest BCUT2D eigenvalue weighted by molar-refractivity contribution is -0.0491. The maximum Gasteiger partial charge on any atom is 0.511 e. The molecular weight excluding hydrogens is 233 g/mol. The largest absolute Gasteiger partial charge is 0.511 e. The van der Waals surface area contributed by atoms with Gasteiger partial charge in [0.15, 0.2) is 0 Å². The van der Waals surface area contributed by atoms with Gasteiger partial charge in [-0.05, 0) is 25.8 Å². The molecule has 1 fully saturated rings. The number of nitrogens with zero attached hydrogens (tertiary/aromatic N) is 1. The van der Waals surface area contributed by atoms with Gasteiger partial charge in [-0.15, -0.1) is 0 Å². The number of hydrogen-bond acceptors (Lipinski definition) is 3. The molecule has 0 saturated carbocycles. The number of rotatable bonds is 2. The molecule has 0 radical (unpaired) electrons. The Kier molecular flexibility index (Phi) is 3.32. The van der Waals surface area contributed by atoms with Crippen LogP contribution in [-0.2, 0) is 10.0 Å². The zero-order valence-electron chi connectivity index (χ0n) is 8.16. The van der Waals surface area contributed by atoms with E-state index < -0.39 is 21.6 Å². The van der Waals surface area contributed by atoms with Crippen LogP contribution >= 0.6 is 0 Å². The molecule has 2 N–H and O–H groups in total. The van der Waals surface area contributed by atoms with E-state index in [1.807, 2.05) is 0 Å². The maximum atomic E-state index is 12.2. The Morgan fingerprint density at radius 1 is 1.47 bits per heavy atom. The molecule has 0 aromatic rings. The lowest BCUT2D eigenvalue weighted by Gasteiger charge is -2.22. The first-order valence-corrected chi connectivity index (χ1v) is 5.92. The van der Waals surface area contributed by atoms with Gasteiger partial charge in [0, 0.05) is 12.6 Å². The van der Waals surface area contributed by atoms with Gasteiger partial charge in [0.05, 0.1) is 0 Å². The number of nitrogens with two attached hydrogens (primary N) is 1. The van der Waals surface area contributed by atoms with E-state index in [1.165, 1.54) is 6.92 Å². The van der Waals surface area contributed by atoms with Crippen molar-refractivity contribution in [2.24, 2.45) is 11.7 Å². The van der Waals surface area contributed by atoms with Crippen molar-refractivity contribution in [2.75, 3.05) is 13.1 Å². The predicted octanol–water partition coefficient (Wildman–Crippen LogP) is 0.505. The third-order valence-corrected chi connectivity index (χ3v) is 4.25. The van der Waals surface area contributed by atoms with E-state index in [4.69, 9.17) is 5.73 Å². The summed E-state index contributed by atoms with van der Waals surface area (Å²) in [6, 6.07) is -0.634. The highest BCUT2D eigenvalue weighted by Gasteiger charge is 2.53. The lowest BCUT2D eigenvalue weighted by atomic mass is 10.1.